The normalized spacial score (nSPS) is 12.9. The average Bonchev–Trinajstić information content (AvgIpc) is 1.63. The zero-order valence-electron chi connectivity index (χ0n) is 11.1. The molecule has 0 aromatic rings. The molecule has 0 bridgehead atoms. The lowest BCUT2D eigenvalue weighted by atomic mass is 9.89. The SMILES string of the molecule is CC(C)([NH3+])CC(C)(C)[NH3+].[O-][Cl+3]([O-])([O-])[O-].[O-][Cl+3]([O-])([O-])[O-]. The molecular weight excluding hydrogens is 311 g/mol. The first-order valence-electron chi connectivity index (χ1n) is 4.65. The van der Waals surface area contributed by atoms with Gasteiger partial charge in [0.25, 0.3) is 0 Å². The molecule has 0 rings (SSSR count). The second kappa shape index (κ2) is 8.46. The van der Waals surface area contributed by atoms with Gasteiger partial charge in [-0.25, -0.2) is 37.3 Å². The van der Waals surface area contributed by atoms with Gasteiger partial charge < -0.3 is 11.5 Å². The molecule has 0 spiro atoms. The predicted octanol–water partition coefficient (Wildman–Crippen LogP) is -10.1. The van der Waals surface area contributed by atoms with Crippen LogP contribution in [0.4, 0.5) is 0 Å². The summed E-state index contributed by atoms with van der Waals surface area (Å²) in [7, 11) is -9.89. The zero-order valence-corrected chi connectivity index (χ0v) is 12.7. The van der Waals surface area contributed by atoms with Gasteiger partial charge in [-0.15, -0.1) is 20.5 Å². The first-order chi connectivity index (χ1) is 7.71. The highest BCUT2D eigenvalue weighted by molar-refractivity contribution is 4.74. The minimum Gasteiger partial charge on any atom is -0.353 e. The number of hydrogen-bond donors (Lipinski definition) is 2. The Balaban J connectivity index is -0.000000219. The summed E-state index contributed by atoms with van der Waals surface area (Å²) in [4.78, 5) is 0. The number of rotatable bonds is 2. The molecule has 10 nitrogen and oxygen atoms in total. The molecule has 0 atom stereocenters. The van der Waals surface area contributed by atoms with Gasteiger partial charge in [0, 0.05) is 0 Å². The fourth-order valence-electron chi connectivity index (χ4n) is 1.30. The van der Waals surface area contributed by atoms with Gasteiger partial charge in [0.1, 0.15) is 0 Å². The Morgan fingerprint density at radius 3 is 0.737 bits per heavy atom. The van der Waals surface area contributed by atoms with Gasteiger partial charge in [0.05, 0.1) is 17.5 Å². The lowest BCUT2D eigenvalue weighted by molar-refractivity contribution is -2.00. The zero-order chi connectivity index (χ0) is 16.7. The van der Waals surface area contributed by atoms with Crippen LogP contribution in [0.2, 0.25) is 0 Å². The lowest BCUT2D eigenvalue weighted by Gasteiger charge is -2.22. The summed E-state index contributed by atoms with van der Waals surface area (Å²) in [5, 5.41) is 0. The van der Waals surface area contributed by atoms with Crippen molar-refractivity contribution in [2.75, 3.05) is 0 Å². The van der Waals surface area contributed by atoms with Crippen LogP contribution < -0.4 is 48.7 Å². The van der Waals surface area contributed by atoms with Gasteiger partial charge in [0.2, 0.25) is 0 Å². The van der Waals surface area contributed by atoms with Crippen molar-refractivity contribution in [2.45, 2.75) is 45.2 Å². The van der Waals surface area contributed by atoms with E-state index in [1.54, 1.807) is 0 Å². The molecule has 6 N–H and O–H groups in total. The summed E-state index contributed by atoms with van der Waals surface area (Å²) in [6.07, 6.45) is 1.07. The molecular formula is C7H20Cl2N2O8. The van der Waals surface area contributed by atoms with Gasteiger partial charge in [-0.1, -0.05) is 0 Å². The van der Waals surface area contributed by atoms with Crippen molar-refractivity contribution >= 4 is 0 Å². The van der Waals surface area contributed by atoms with Crippen molar-refractivity contribution in [3.63, 3.8) is 0 Å². The maximum Gasteiger partial charge on any atom is 0.0949 e. The standard InChI is InChI=1S/C7H18N2.2ClHO4/c1-6(2,8)5-7(3,4)9;2*2-1(3,4)5/h5,8-9H2,1-4H3;2*(H,2,3,4,5). The minimum atomic E-state index is -4.94. The molecule has 0 fully saturated rings. The van der Waals surface area contributed by atoms with Crippen molar-refractivity contribution in [3.8, 4) is 0 Å². The highest BCUT2D eigenvalue weighted by atomic mass is 35.7. The Bertz CT molecular complexity index is 191. The second-order valence-electron chi connectivity index (χ2n) is 5.26. The van der Waals surface area contributed by atoms with E-state index in [0.717, 1.165) is 6.42 Å². The van der Waals surface area contributed by atoms with Gasteiger partial charge in [-0.3, -0.25) is 0 Å². The molecule has 0 aromatic carbocycles. The monoisotopic (exact) mass is 330 g/mol. The van der Waals surface area contributed by atoms with E-state index in [1.165, 1.54) is 0 Å². The third kappa shape index (κ3) is 125. The summed E-state index contributed by atoms with van der Waals surface area (Å²) < 4.78 is 67.9. The Kier molecular flexibility index (Phi) is 10.8. The van der Waals surface area contributed by atoms with Gasteiger partial charge in [-0.05, 0) is 27.7 Å². The van der Waals surface area contributed by atoms with E-state index in [0.29, 0.717) is 0 Å². The van der Waals surface area contributed by atoms with Crippen LogP contribution in [0.15, 0.2) is 0 Å². The summed E-state index contributed by atoms with van der Waals surface area (Å²) in [6, 6.07) is 0. The lowest BCUT2D eigenvalue weighted by Crippen LogP contribution is -2.78. The predicted molar refractivity (Wildman–Crippen MR) is 38.6 cm³/mol. The quantitative estimate of drug-likeness (QED) is 0.490. The topological polar surface area (TPSA) is 240 Å². The smallest absolute Gasteiger partial charge is 0.0949 e. The van der Waals surface area contributed by atoms with Crippen LogP contribution in [0.1, 0.15) is 34.1 Å². The molecule has 0 saturated carbocycles. The van der Waals surface area contributed by atoms with E-state index in [4.69, 9.17) is 37.3 Å². The summed E-state index contributed by atoms with van der Waals surface area (Å²) in [5.41, 5.74) is 8.38. The van der Waals surface area contributed by atoms with Crippen molar-refractivity contribution < 1.29 is 69.2 Å². The summed E-state index contributed by atoms with van der Waals surface area (Å²) in [6.45, 7) is 8.56. The molecule has 0 radical (unpaired) electrons. The van der Waals surface area contributed by atoms with E-state index in [2.05, 4.69) is 39.2 Å². The van der Waals surface area contributed by atoms with Gasteiger partial charge in [-0.2, -0.15) is 0 Å². The molecule has 0 aliphatic rings. The summed E-state index contributed by atoms with van der Waals surface area (Å²) >= 11 is 0. The average molecular weight is 331 g/mol. The third-order valence-corrected chi connectivity index (χ3v) is 0.957. The highest BCUT2D eigenvalue weighted by Gasteiger charge is 2.27. The van der Waals surface area contributed by atoms with E-state index < -0.39 is 20.5 Å². The molecule has 12 heteroatoms. The van der Waals surface area contributed by atoms with Crippen LogP contribution in [0.3, 0.4) is 0 Å². The molecule has 0 unspecified atom stereocenters. The Labute approximate surface area is 115 Å². The molecule has 0 heterocycles. The number of hydrogen-bond acceptors (Lipinski definition) is 8. The van der Waals surface area contributed by atoms with Gasteiger partial charge in [0.15, 0.2) is 0 Å². The van der Waals surface area contributed by atoms with Crippen molar-refractivity contribution in [1.29, 1.82) is 0 Å². The first-order valence-corrected chi connectivity index (χ1v) is 7.12. The molecule has 0 aliphatic heterocycles. The van der Waals surface area contributed by atoms with Crippen LogP contribution in [0, 0.1) is 20.5 Å². The third-order valence-electron chi connectivity index (χ3n) is 0.957. The van der Waals surface area contributed by atoms with Crippen molar-refractivity contribution in [1.82, 2.24) is 0 Å². The van der Waals surface area contributed by atoms with E-state index >= 15 is 0 Å². The van der Waals surface area contributed by atoms with Gasteiger partial charge >= 0.3 is 0 Å². The fourth-order valence-corrected chi connectivity index (χ4v) is 1.30. The van der Waals surface area contributed by atoms with Crippen LogP contribution in [-0.2, 0) is 0 Å². The highest BCUT2D eigenvalue weighted by Crippen LogP contribution is 2.10. The number of halogens is 2. The van der Waals surface area contributed by atoms with E-state index in [1.807, 2.05) is 0 Å². The molecule has 0 amide bonds. The molecule has 0 aromatic heterocycles. The maximum absolute atomic E-state index is 8.49. The molecule has 0 aliphatic carbocycles. The fraction of sp³-hybridized carbons (Fsp3) is 1.00. The maximum atomic E-state index is 8.49. The van der Waals surface area contributed by atoms with Crippen LogP contribution in [0.25, 0.3) is 0 Å². The largest absolute Gasteiger partial charge is 0.353 e. The Hall–Kier alpha value is 0.180. The van der Waals surface area contributed by atoms with E-state index in [9.17, 15) is 0 Å². The Morgan fingerprint density at radius 1 is 0.632 bits per heavy atom. The van der Waals surface area contributed by atoms with Crippen LogP contribution >= 0.6 is 0 Å². The minimum absolute atomic E-state index is 0.172. The van der Waals surface area contributed by atoms with Crippen molar-refractivity contribution in [2.24, 2.45) is 0 Å². The summed E-state index contributed by atoms with van der Waals surface area (Å²) in [5.74, 6) is 0. The second-order valence-corrected chi connectivity index (χ2v) is 6.77. The van der Waals surface area contributed by atoms with E-state index in [-0.39, 0.29) is 11.1 Å². The first kappa shape index (κ1) is 24.2. The van der Waals surface area contributed by atoms with Crippen molar-refractivity contribution in [3.05, 3.63) is 0 Å². The molecule has 0 saturated heterocycles. The van der Waals surface area contributed by atoms with Crippen LogP contribution in [-0.4, -0.2) is 11.1 Å². The number of quaternary nitrogens is 2. The van der Waals surface area contributed by atoms with Crippen LogP contribution in [0.5, 0.6) is 0 Å². The molecule has 120 valence electrons. The Morgan fingerprint density at radius 2 is 0.737 bits per heavy atom. The molecule has 19 heavy (non-hydrogen) atoms.